The molecule has 2 saturated heterocycles. The summed E-state index contributed by atoms with van der Waals surface area (Å²) >= 11 is 0. The molecule has 2 atom stereocenters. The summed E-state index contributed by atoms with van der Waals surface area (Å²) in [5, 5.41) is 9.93. The second-order valence-corrected chi connectivity index (χ2v) is 5.27. The van der Waals surface area contributed by atoms with E-state index in [9.17, 15) is 9.32 Å². The molecule has 2 aliphatic heterocycles. The summed E-state index contributed by atoms with van der Waals surface area (Å²) in [6.07, 6.45) is 3.56. The lowest BCUT2D eigenvalue weighted by Gasteiger charge is -2.22. The maximum absolute atomic E-state index is 11.3. The largest absolute Gasteiger partial charge is 0.393 e. The van der Waals surface area contributed by atoms with E-state index in [1.165, 1.54) is 0 Å². The van der Waals surface area contributed by atoms with Crippen LogP contribution in [-0.2, 0) is 10.8 Å². The van der Waals surface area contributed by atoms with E-state index in [0.717, 1.165) is 25.7 Å². The second-order valence-electron chi connectivity index (χ2n) is 3.28. The van der Waals surface area contributed by atoms with E-state index in [0.29, 0.717) is 10.5 Å². The average Bonchev–Trinajstić information content (AvgIpc) is 2.20. The summed E-state index contributed by atoms with van der Waals surface area (Å²) in [5.41, 5.74) is 0. The summed E-state index contributed by atoms with van der Waals surface area (Å²) in [4.78, 5) is 0. The molecule has 2 bridgehead atoms. The molecule has 0 amide bonds. The molecule has 0 saturated carbocycles. The molecule has 2 aliphatic rings. The number of aliphatic hydroxyl groups excluding tert-OH is 1. The van der Waals surface area contributed by atoms with Crippen LogP contribution >= 0.6 is 0 Å². The molecule has 0 radical (unpaired) electrons. The summed E-state index contributed by atoms with van der Waals surface area (Å²) < 4.78 is 11.3. The molecular formula is C7H12O2S. The first-order valence-corrected chi connectivity index (χ1v) is 5.12. The molecule has 2 unspecified atom stereocenters. The average molecular weight is 160 g/mol. The van der Waals surface area contributed by atoms with Crippen molar-refractivity contribution in [3.05, 3.63) is 0 Å². The Morgan fingerprint density at radius 3 is 2.20 bits per heavy atom. The van der Waals surface area contributed by atoms with Crippen LogP contribution in [0.2, 0.25) is 0 Å². The Labute approximate surface area is 63.1 Å². The number of rotatable bonds is 0. The van der Waals surface area contributed by atoms with Crippen LogP contribution in [0, 0.1) is 0 Å². The Morgan fingerprint density at radius 1 is 1.20 bits per heavy atom. The van der Waals surface area contributed by atoms with Crippen molar-refractivity contribution in [3.63, 3.8) is 0 Å². The molecule has 0 aromatic rings. The van der Waals surface area contributed by atoms with Gasteiger partial charge in [0.1, 0.15) is 0 Å². The molecule has 1 N–H and O–H groups in total. The molecule has 2 heterocycles. The minimum Gasteiger partial charge on any atom is -0.393 e. The number of fused-ring (bicyclic) bond motifs is 2. The SMILES string of the molecule is O=S1C2CCC1CC(O)C2. The van der Waals surface area contributed by atoms with Gasteiger partial charge in [0.2, 0.25) is 0 Å². The van der Waals surface area contributed by atoms with Crippen molar-refractivity contribution in [2.45, 2.75) is 42.3 Å². The zero-order valence-electron chi connectivity index (χ0n) is 5.82. The summed E-state index contributed by atoms with van der Waals surface area (Å²) in [5.74, 6) is 0. The van der Waals surface area contributed by atoms with Gasteiger partial charge in [-0.05, 0) is 25.7 Å². The van der Waals surface area contributed by atoms with Crippen LogP contribution in [0.25, 0.3) is 0 Å². The van der Waals surface area contributed by atoms with Crippen LogP contribution in [-0.4, -0.2) is 25.9 Å². The van der Waals surface area contributed by atoms with Gasteiger partial charge in [0, 0.05) is 21.3 Å². The van der Waals surface area contributed by atoms with Gasteiger partial charge in [-0.2, -0.15) is 0 Å². The highest BCUT2D eigenvalue weighted by atomic mass is 32.2. The Bertz CT molecular complexity index is 153. The third-order valence-electron chi connectivity index (χ3n) is 2.54. The molecule has 0 aromatic carbocycles. The van der Waals surface area contributed by atoms with E-state index >= 15 is 0 Å². The lowest BCUT2D eigenvalue weighted by Crippen LogP contribution is -2.30. The number of hydrogen-bond acceptors (Lipinski definition) is 2. The molecule has 0 spiro atoms. The first-order chi connectivity index (χ1) is 4.77. The van der Waals surface area contributed by atoms with E-state index in [4.69, 9.17) is 0 Å². The van der Waals surface area contributed by atoms with E-state index < -0.39 is 10.8 Å². The quantitative estimate of drug-likeness (QED) is 0.557. The topological polar surface area (TPSA) is 37.3 Å². The Hall–Kier alpha value is 0.110. The fraction of sp³-hybridized carbons (Fsp3) is 1.00. The predicted octanol–water partition coefficient (Wildman–Crippen LogP) is 0.421. The summed E-state index contributed by atoms with van der Waals surface area (Å²) in [6, 6.07) is 0. The van der Waals surface area contributed by atoms with Crippen LogP contribution in [0.1, 0.15) is 25.7 Å². The van der Waals surface area contributed by atoms with E-state index in [2.05, 4.69) is 0 Å². The van der Waals surface area contributed by atoms with Gasteiger partial charge in [-0.15, -0.1) is 0 Å². The van der Waals surface area contributed by atoms with Crippen molar-refractivity contribution >= 4 is 10.8 Å². The van der Waals surface area contributed by atoms with Gasteiger partial charge in [-0.3, -0.25) is 4.21 Å². The minimum atomic E-state index is -0.599. The van der Waals surface area contributed by atoms with Crippen molar-refractivity contribution in [3.8, 4) is 0 Å². The molecule has 2 rings (SSSR count). The summed E-state index contributed by atoms with van der Waals surface area (Å²) in [7, 11) is -0.599. The van der Waals surface area contributed by atoms with Gasteiger partial charge in [-0.1, -0.05) is 0 Å². The molecule has 0 aromatic heterocycles. The van der Waals surface area contributed by atoms with Gasteiger partial charge < -0.3 is 5.11 Å². The van der Waals surface area contributed by atoms with E-state index in [1.54, 1.807) is 0 Å². The fourth-order valence-corrected chi connectivity index (χ4v) is 4.11. The Balaban J connectivity index is 2.16. The van der Waals surface area contributed by atoms with Gasteiger partial charge in [0.25, 0.3) is 0 Å². The zero-order valence-corrected chi connectivity index (χ0v) is 6.64. The highest BCUT2D eigenvalue weighted by molar-refractivity contribution is 7.86. The van der Waals surface area contributed by atoms with Gasteiger partial charge >= 0.3 is 0 Å². The number of aliphatic hydroxyl groups is 1. The number of hydrogen-bond donors (Lipinski definition) is 1. The fourth-order valence-electron chi connectivity index (χ4n) is 2.00. The molecule has 0 aliphatic carbocycles. The van der Waals surface area contributed by atoms with Crippen LogP contribution in [0.15, 0.2) is 0 Å². The van der Waals surface area contributed by atoms with E-state index in [-0.39, 0.29) is 6.10 Å². The third-order valence-corrected chi connectivity index (χ3v) is 4.71. The van der Waals surface area contributed by atoms with E-state index in [1.807, 2.05) is 0 Å². The Kier molecular flexibility index (Phi) is 1.57. The molecule has 2 nitrogen and oxygen atoms in total. The second kappa shape index (κ2) is 2.31. The maximum atomic E-state index is 11.3. The van der Waals surface area contributed by atoms with Crippen molar-refractivity contribution in [2.75, 3.05) is 0 Å². The Morgan fingerprint density at radius 2 is 1.70 bits per heavy atom. The van der Waals surface area contributed by atoms with Gasteiger partial charge in [0.05, 0.1) is 6.10 Å². The van der Waals surface area contributed by atoms with Gasteiger partial charge in [-0.25, -0.2) is 0 Å². The van der Waals surface area contributed by atoms with Crippen molar-refractivity contribution < 1.29 is 9.32 Å². The molecule has 3 heteroatoms. The summed E-state index contributed by atoms with van der Waals surface area (Å²) in [6.45, 7) is 0. The predicted molar refractivity (Wildman–Crippen MR) is 40.2 cm³/mol. The van der Waals surface area contributed by atoms with Crippen LogP contribution < -0.4 is 0 Å². The van der Waals surface area contributed by atoms with Crippen LogP contribution in [0.4, 0.5) is 0 Å². The van der Waals surface area contributed by atoms with Crippen molar-refractivity contribution in [1.29, 1.82) is 0 Å². The smallest absolute Gasteiger partial charge is 0.0563 e. The molecular weight excluding hydrogens is 148 g/mol. The highest BCUT2D eigenvalue weighted by Crippen LogP contribution is 2.35. The lowest BCUT2D eigenvalue weighted by molar-refractivity contribution is 0.154. The van der Waals surface area contributed by atoms with Gasteiger partial charge in [0.15, 0.2) is 0 Å². The molecule has 58 valence electrons. The zero-order chi connectivity index (χ0) is 7.14. The standard InChI is InChI=1S/C7H12O2S/c8-5-3-6-1-2-7(4-5)10(6)9/h5-8H,1-4H2. The van der Waals surface area contributed by atoms with Crippen LogP contribution in [0.3, 0.4) is 0 Å². The molecule has 10 heavy (non-hydrogen) atoms. The normalized spacial score (nSPS) is 53.3. The first-order valence-electron chi connectivity index (χ1n) is 3.85. The third kappa shape index (κ3) is 0.920. The first kappa shape index (κ1) is 6.80. The minimum absolute atomic E-state index is 0.157. The maximum Gasteiger partial charge on any atom is 0.0563 e. The van der Waals surface area contributed by atoms with Crippen molar-refractivity contribution in [2.24, 2.45) is 0 Å². The molecule has 2 fully saturated rings. The highest BCUT2D eigenvalue weighted by Gasteiger charge is 2.39. The lowest BCUT2D eigenvalue weighted by atomic mass is 10.1. The van der Waals surface area contributed by atoms with Crippen LogP contribution in [0.5, 0.6) is 0 Å². The monoisotopic (exact) mass is 160 g/mol. The van der Waals surface area contributed by atoms with Crippen molar-refractivity contribution in [1.82, 2.24) is 0 Å².